The number of anilines is 1. The SMILES string of the molecule is CCOP(=O)(C=C[C@@H]1CC(OC(=O)c2ccccc2)[C@H](n2nc(CC(=O)OC)c3c(N)ncnc32)O1)OCC. The van der Waals surface area contributed by atoms with E-state index in [2.05, 4.69) is 15.1 Å². The van der Waals surface area contributed by atoms with Gasteiger partial charge in [-0.15, -0.1) is 0 Å². The number of benzene rings is 1. The lowest BCUT2D eigenvalue weighted by Crippen LogP contribution is -2.27. The molecule has 3 heterocycles. The van der Waals surface area contributed by atoms with Gasteiger partial charge in [-0.05, 0) is 32.1 Å². The topological polar surface area (TPSA) is 167 Å². The van der Waals surface area contributed by atoms with Gasteiger partial charge in [-0.1, -0.05) is 18.2 Å². The van der Waals surface area contributed by atoms with Crippen LogP contribution in [0.1, 0.15) is 42.5 Å². The molecule has 2 N–H and O–H groups in total. The summed E-state index contributed by atoms with van der Waals surface area (Å²) in [5.41, 5.74) is 7.03. The van der Waals surface area contributed by atoms with Crippen LogP contribution in [-0.4, -0.2) is 64.2 Å². The van der Waals surface area contributed by atoms with Crippen molar-refractivity contribution in [3.8, 4) is 0 Å². The first-order chi connectivity index (χ1) is 18.8. The molecule has 1 saturated heterocycles. The summed E-state index contributed by atoms with van der Waals surface area (Å²) in [7, 11) is -2.23. The molecule has 1 aliphatic rings. The zero-order valence-electron chi connectivity index (χ0n) is 21.8. The Morgan fingerprint density at radius 2 is 1.90 bits per heavy atom. The van der Waals surface area contributed by atoms with Gasteiger partial charge in [0.1, 0.15) is 12.1 Å². The predicted octanol–water partition coefficient (Wildman–Crippen LogP) is 3.42. The summed E-state index contributed by atoms with van der Waals surface area (Å²) in [4.78, 5) is 33.3. The fourth-order valence-electron chi connectivity index (χ4n) is 4.15. The van der Waals surface area contributed by atoms with Crippen molar-refractivity contribution in [1.29, 1.82) is 0 Å². The zero-order valence-corrected chi connectivity index (χ0v) is 22.7. The maximum absolute atomic E-state index is 13.0. The second kappa shape index (κ2) is 12.5. The minimum absolute atomic E-state index is 0.117. The van der Waals surface area contributed by atoms with E-state index >= 15 is 0 Å². The van der Waals surface area contributed by atoms with E-state index < -0.39 is 38.0 Å². The maximum Gasteiger partial charge on any atom is 0.353 e. The van der Waals surface area contributed by atoms with Gasteiger partial charge in [-0.2, -0.15) is 5.10 Å². The molecular weight excluding hydrogens is 529 g/mol. The molecule has 0 radical (unpaired) electrons. The fraction of sp³-hybridized carbons (Fsp3) is 0.400. The zero-order chi connectivity index (χ0) is 28.0. The Labute approximate surface area is 224 Å². The lowest BCUT2D eigenvalue weighted by Gasteiger charge is -2.20. The number of nitrogens with zero attached hydrogens (tertiary/aromatic N) is 4. The van der Waals surface area contributed by atoms with Crippen molar-refractivity contribution in [2.75, 3.05) is 26.1 Å². The minimum Gasteiger partial charge on any atom is -0.469 e. The molecule has 1 aliphatic heterocycles. The Morgan fingerprint density at radius 3 is 2.56 bits per heavy atom. The van der Waals surface area contributed by atoms with E-state index in [0.717, 1.165) is 0 Å². The summed E-state index contributed by atoms with van der Waals surface area (Å²) < 4.78 is 41.9. The van der Waals surface area contributed by atoms with Gasteiger partial charge in [0.2, 0.25) is 0 Å². The number of hydrogen-bond acceptors (Lipinski definition) is 12. The number of methoxy groups -OCH3 is 1. The molecule has 1 fully saturated rings. The van der Waals surface area contributed by atoms with Gasteiger partial charge in [0.05, 0.1) is 49.5 Å². The Hall–Kier alpha value is -3.64. The van der Waals surface area contributed by atoms with Crippen LogP contribution in [0.15, 0.2) is 48.6 Å². The average molecular weight is 560 g/mol. The number of carbonyl (C=O) groups excluding carboxylic acids is 2. The van der Waals surface area contributed by atoms with Crippen molar-refractivity contribution >= 4 is 36.4 Å². The van der Waals surface area contributed by atoms with E-state index in [1.807, 2.05) is 0 Å². The van der Waals surface area contributed by atoms with Crippen molar-refractivity contribution < 1.29 is 37.4 Å². The third-order valence-electron chi connectivity index (χ3n) is 5.84. The molecule has 0 saturated carbocycles. The van der Waals surface area contributed by atoms with Crippen molar-refractivity contribution in [2.24, 2.45) is 0 Å². The van der Waals surface area contributed by atoms with E-state index in [1.165, 1.54) is 23.9 Å². The monoisotopic (exact) mass is 559 g/mol. The number of aromatic nitrogens is 4. The number of carbonyl (C=O) groups is 2. The third kappa shape index (κ3) is 6.51. The molecule has 0 spiro atoms. The molecule has 3 atom stereocenters. The predicted molar refractivity (Wildman–Crippen MR) is 140 cm³/mol. The van der Waals surface area contributed by atoms with E-state index in [-0.39, 0.29) is 43.2 Å². The van der Waals surface area contributed by atoms with Crippen molar-refractivity contribution in [3.63, 3.8) is 0 Å². The molecule has 0 amide bonds. The van der Waals surface area contributed by atoms with Gasteiger partial charge < -0.3 is 29.0 Å². The first-order valence-corrected chi connectivity index (χ1v) is 13.9. The van der Waals surface area contributed by atoms with Gasteiger partial charge in [0.25, 0.3) is 0 Å². The Bertz CT molecular complexity index is 1390. The second-order valence-corrected chi connectivity index (χ2v) is 10.3. The lowest BCUT2D eigenvalue weighted by molar-refractivity contribution is -0.139. The van der Waals surface area contributed by atoms with Crippen LogP contribution in [0.3, 0.4) is 0 Å². The van der Waals surface area contributed by atoms with Crippen LogP contribution in [0.5, 0.6) is 0 Å². The molecular formula is C25H30N5O8P. The number of fused-ring (bicyclic) bond motifs is 1. The maximum atomic E-state index is 13.0. The van der Waals surface area contributed by atoms with Crippen LogP contribution in [0.2, 0.25) is 0 Å². The Morgan fingerprint density at radius 1 is 1.18 bits per heavy atom. The van der Waals surface area contributed by atoms with Crippen LogP contribution < -0.4 is 5.73 Å². The molecule has 14 heteroatoms. The van der Waals surface area contributed by atoms with E-state index in [9.17, 15) is 14.2 Å². The molecule has 13 nitrogen and oxygen atoms in total. The quantitative estimate of drug-likeness (QED) is 0.269. The van der Waals surface area contributed by atoms with Crippen molar-refractivity contribution in [1.82, 2.24) is 19.7 Å². The van der Waals surface area contributed by atoms with Gasteiger partial charge in [-0.25, -0.2) is 19.4 Å². The fourth-order valence-corrected chi connectivity index (χ4v) is 5.52. The minimum atomic E-state index is -3.50. The summed E-state index contributed by atoms with van der Waals surface area (Å²) in [5, 5.41) is 4.90. The van der Waals surface area contributed by atoms with E-state index in [0.29, 0.717) is 10.9 Å². The molecule has 0 bridgehead atoms. The summed E-state index contributed by atoms with van der Waals surface area (Å²) >= 11 is 0. The molecule has 3 aromatic rings. The highest BCUT2D eigenvalue weighted by atomic mass is 31.2. The van der Waals surface area contributed by atoms with Gasteiger partial charge in [0.15, 0.2) is 18.0 Å². The molecule has 4 rings (SSSR count). The molecule has 208 valence electrons. The number of nitrogens with two attached hydrogens (primary N) is 1. The van der Waals surface area contributed by atoms with Gasteiger partial charge in [-0.3, -0.25) is 9.36 Å². The third-order valence-corrected chi connectivity index (χ3v) is 7.61. The van der Waals surface area contributed by atoms with Crippen molar-refractivity contribution in [2.45, 2.75) is 45.1 Å². The van der Waals surface area contributed by atoms with Crippen LogP contribution in [0, 0.1) is 0 Å². The van der Waals surface area contributed by atoms with Gasteiger partial charge >= 0.3 is 19.5 Å². The van der Waals surface area contributed by atoms with Crippen molar-refractivity contribution in [3.05, 3.63) is 59.8 Å². The smallest absolute Gasteiger partial charge is 0.353 e. The molecule has 1 aromatic carbocycles. The molecule has 39 heavy (non-hydrogen) atoms. The summed E-state index contributed by atoms with van der Waals surface area (Å²) in [6.07, 6.45) is 0.376. The number of hydrogen-bond donors (Lipinski definition) is 1. The summed E-state index contributed by atoms with van der Waals surface area (Å²) in [6.45, 7) is 3.80. The molecule has 1 unspecified atom stereocenters. The highest BCUT2D eigenvalue weighted by molar-refractivity contribution is 7.57. The number of esters is 2. The van der Waals surface area contributed by atoms with E-state index in [1.54, 1.807) is 50.3 Å². The normalized spacial score (nSPS) is 19.5. The largest absolute Gasteiger partial charge is 0.469 e. The lowest BCUT2D eigenvalue weighted by atomic mass is 10.2. The molecule has 0 aliphatic carbocycles. The Balaban J connectivity index is 1.71. The van der Waals surface area contributed by atoms with Crippen LogP contribution in [-0.2, 0) is 39.0 Å². The summed E-state index contributed by atoms with van der Waals surface area (Å²) in [5.74, 6) is 0.362. The summed E-state index contributed by atoms with van der Waals surface area (Å²) in [6, 6.07) is 8.51. The first-order valence-electron chi connectivity index (χ1n) is 12.3. The van der Waals surface area contributed by atoms with E-state index in [4.69, 9.17) is 29.0 Å². The standard InChI is InChI=1S/C25H30N5O8P/c1-4-35-39(33,36-5-2)12-11-17-13-19(38-25(32)16-9-7-6-8-10-16)24(37-17)30-23-21(22(26)27-15-28-23)18(29-30)14-20(31)34-3/h6-12,15,17,19,24H,4-5,13-14H2,1-3H3,(H2,26,27,28)/t17-,19?,24-/m1/s1. The van der Waals surface area contributed by atoms with Gasteiger partial charge in [0, 0.05) is 12.2 Å². The molecule has 2 aromatic heterocycles. The average Bonchev–Trinajstić information content (AvgIpc) is 3.49. The van der Waals surface area contributed by atoms with Crippen LogP contribution >= 0.6 is 7.60 Å². The first kappa shape index (κ1) is 28.4. The number of nitrogen functional groups attached to an aromatic ring is 1. The Kier molecular flexibility index (Phi) is 9.08. The van der Waals surface area contributed by atoms with Crippen LogP contribution in [0.25, 0.3) is 11.0 Å². The second-order valence-electron chi connectivity index (χ2n) is 8.43. The highest BCUT2D eigenvalue weighted by Gasteiger charge is 2.41. The number of rotatable bonds is 11. The number of ether oxygens (including phenoxy) is 3. The van der Waals surface area contributed by atoms with Crippen LogP contribution in [0.4, 0.5) is 5.82 Å². The highest BCUT2D eigenvalue weighted by Crippen LogP contribution is 2.50.